The molecule has 0 aliphatic carbocycles. The molecular formula is C12H4F9N3O6. The molecule has 1 saturated heterocycles. The first-order valence-electron chi connectivity index (χ1n) is 6.98. The van der Waals surface area contributed by atoms with E-state index in [1.54, 1.807) is 0 Å². The van der Waals surface area contributed by atoms with E-state index in [-0.39, 0.29) is 12.1 Å². The smallest absolute Gasteiger partial charge is 0.315 e. The van der Waals surface area contributed by atoms with Gasteiger partial charge in [-0.1, -0.05) is 0 Å². The van der Waals surface area contributed by atoms with Gasteiger partial charge in [0.1, 0.15) is 5.69 Å². The number of nitrogens with one attached hydrogen (secondary N) is 1. The van der Waals surface area contributed by atoms with Crippen LogP contribution in [-0.4, -0.2) is 45.5 Å². The zero-order valence-electron chi connectivity index (χ0n) is 13.5. The summed E-state index contributed by atoms with van der Waals surface area (Å²) in [6.07, 6.45) is -6.46. The highest BCUT2D eigenvalue weighted by Gasteiger charge is 2.96. The number of amides is 1. The predicted octanol–water partition coefficient (Wildman–Crippen LogP) is 3.64. The number of alkyl halides is 9. The number of hydrogen-bond acceptors (Lipinski definition) is 6. The summed E-state index contributed by atoms with van der Waals surface area (Å²) >= 11 is 0. The first-order valence-corrected chi connectivity index (χ1v) is 6.98. The second-order valence-corrected chi connectivity index (χ2v) is 5.61. The average molecular weight is 457 g/mol. The van der Waals surface area contributed by atoms with E-state index in [2.05, 4.69) is 4.74 Å². The molecule has 1 aromatic carbocycles. The second kappa shape index (κ2) is 6.41. The summed E-state index contributed by atoms with van der Waals surface area (Å²) in [6.45, 7) is 0. The van der Waals surface area contributed by atoms with E-state index < -0.39 is 62.5 Å². The Balaban J connectivity index is 2.49. The van der Waals surface area contributed by atoms with E-state index in [4.69, 9.17) is 0 Å². The van der Waals surface area contributed by atoms with E-state index in [9.17, 15) is 64.5 Å². The zero-order valence-corrected chi connectivity index (χ0v) is 13.5. The van der Waals surface area contributed by atoms with E-state index >= 15 is 0 Å². The third-order valence-electron chi connectivity index (χ3n) is 3.76. The Morgan fingerprint density at radius 3 is 1.90 bits per heavy atom. The van der Waals surface area contributed by atoms with Crippen LogP contribution in [0.15, 0.2) is 18.2 Å². The summed E-state index contributed by atoms with van der Waals surface area (Å²) in [7, 11) is 0. The third kappa shape index (κ3) is 2.89. The van der Waals surface area contributed by atoms with Crippen LogP contribution in [0.1, 0.15) is 0 Å². The number of nitro benzene ring substituents is 2. The van der Waals surface area contributed by atoms with Gasteiger partial charge in [-0.25, -0.2) is 0 Å². The molecule has 0 bridgehead atoms. The molecule has 1 aliphatic heterocycles. The normalized spacial score (nSPS) is 24.3. The van der Waals surface area contributed by atoms with Crippen LogP contribution in [0.4, 0.5) is 56.6 Å². The van der Waals surface area contributed by atoms with Gasteiger partial charge in [0, 0.05) is 6.07 Å². The summed E-state index contributed by atoms with van der Waals surface area (Å²) in [4.78, 5) is 30.3. The molecule has 1 aromatic rings. The number of anilines is 1. The molecule has 2 rings (SSSR count). The highest BCUT2D eigenvalue weighted by atomic mass is 19.4. The standard InChI is InChI=1S/C12H4F9N3O6/c13-8(14,11(19)9(15,16)10(17,18)12(20,21)30-11)7(25)22-5-2-1-4(23(26)27)3-6(5)24(28)29/h1-3H,(H,22,25)/t11-/m1/s1. The first kappa shape index (κ1) is 23.1. The summed E-state index contributed by atoms with van der Waals surface area (Å²) in [5.41, 5.74) is -3.84. The lowest BCUT2D eigenvalue weighted by Gasteiger charge is -2.31. The molecule has 1 atom stereocenters. The Kier molecular flexibility index (Phi) is 4.94. The van der Waals surface area contributed by atoms with Crippen molar-refractivity contribution in [2.45, 2.75) is 29.7 Å². The van der Waals surface area contributed by atoms with Crippen LogP contribution in [0, 0.1) is 20.2 Å². The highest BCUT2D eigenvalue weighted by Crippen LogP contribution is 2.64. The van der Waals surface area contributed by atoms with Crippen LogP contribution >= 0.6 is 0 Å². The fraction of sp³-hybridized carbons (Fsp3) is 0.417. The number of nitro groups is 2. The number of rotatable bonds is 5. The monoisotopic (exact) mass is 457 g/mol. The molecule has 1 heterocycles. The molecule has 9 nitrogen and oxygen atoms in total. The predicted molar refractivity (Wildman–Crippen MR) is 73.1 cm³/mol. The molecule has 1 amide bonds. The summed E-state index contributed by atoms with van der Waals surface area (Å²) in [5, 5.41) is 22.2. The maximum Gasteiger partial charge on any atom is 0.428 e. The van der Waals surface area contributed by atoms with Crippen molar-refractivity contribution in [1.29, 1.82) is 0 Å². The van der Waals surface area contributed by atoms with Gasteiger partial charge in [-0.05, 0) is 6.07 Å². The van der Waals surface area contributed by atoms with Crippen molar-refractivity contribution in [3.8, 4) is 0 Å². The maximum absolute atomic E-state index is 14.1. The Morgan fingerprint density at radius 1 is 0.967 bits per heavy atom. The van der Waals surface area contributed by atoms with Crippen molar-refractivity contribution >= 4 is 23.0 Å². The van der Waals surface area contributed by atoms with Gasteiger partial charge in [0.25, 0.3) is 11.4 Å². The van der Waals surface area contributed by atoms with Crippen LogP contribution in [-0.2, 0) is 9.53 Å². The van der Waals surface area contributed by atoms with Crippen molar-refractivity contribution < 1.29 is 58.9 Å². The summed E-state index contributed by atoms with van der Waals surface area (Å²) in [6, 6.07) is 0.753. The van der Waals surface area contributed by atoms with Crippen molar-refractivity contribution in [3.63, 3.8) is 0 Å². The largest absolute Gasteiger partial charge is 0.428 e. The molecule has 30 heavy (non-hydrogen) atoms. The van der Waals surface area contributed by atoms with E-state index in [1.807, 2.05) is 0 Å². The fourth-order valence-electron chi connectivity index (χ4n) is 2.19. The summed E-state index contributed by atoms with van der Waals surface area (Å²) in [5.74, 6) is -30.1. The van der Waals surface area contributed by atoms with Crippen LogP contribution in [0.25, 0.3) is 0 Å². The van der Waals surface area contributed by atoms with Crippen molar-refractivity contribution in [1.82, 2.24) is 0 Å². The van der Waals surface area contributed by atoms with Gasteiger partial charge in [-0.3, -0.25) is 29.8 Å². The molecule has 18 heteroatoms. The lowest BCUT2D eigenvalue weighted by Crippen LogP contribution is -2.63. The zero-order chi connectivity index (χ0) is 23.5. The van der Waals surface area contributed by atoms with Crippen LogP contribution in [0.5, 0.6) is 0 Å². The summed E-state index contributed by atoms with van der Waals surface area (Å²) < 4.78 is 123. The average Bonchev–Trinajstić information content (AvgIpc) is 2.69. The lowest BCUT2D eigenvalue weighted by atomic mass is 9.99. The van der Waals surface area contributed by atoms with Gasteiger partial charge < -0.3 is 5.32 Å². The number of nitrogens with zero attached hydrogens (tertiary/aromatic N) is 2. The van der Waals surface area contributed by atoms with Crippen molar-refractivity contribution in [3.05, 3.63) is 38.4 Å². The molecule has 0 radical (unpaired) electrons. The number of carbonyl (C=O) groups is 1. The van der Waals surface area contributed by atoms with Crippen molar-refractivity contribution in [2.75, 3.05) is 5.32 Å². The maximum atomic E-state index is 14.1. The van der Waals surface area contributed by atoms with Gasteiger partial charge >= 0.3 is 35.6 Å². The van der Waals surface area contributed by atoms with Crippen LogP contribution in [0.2, 0.25) is 0 Å². The number of benzene rings is 1. The molecule has 1 fully saturated rings. The van der Waals surface area contributed by atoms with Gasteiger partial charge in [0.2, 0.25) is 0 Å². The second-order valence-electron chi connectivity index (χ2n) is 5.61. The Hall–Kier alpha value is -3.18. The Bertz CT molecular complexity index is 940. The molecule has 0 spiro atoms. The minimum atomic E-state index is -6.94. The third-order valence-corrected chi connectivity index (χ3v) is 3.76. The molecule has 1 aliphatic rings. The number of halogens is 9. The number of non-ortho nitro benzene ring substituents is 1. The van der Waals surface area contributed by atoms with E-state index in [1.165, 1.54) is 0 Å². The van der Waals surface area contributed by atoms with Gasteiger partial charge in [-0.2, -0.15) is 39.5 Å². The first-order chi connectivity index (χ1) is 13.3. The van der Waals surface area contributed by atoms with Gasteiger partial charge in [-0.15, -0.1) is 0 Å². The molecular weight excluding hydrogens is 453 g/mol. The molecule has 0 aromatic heterocycles. The topological polar surface area (TPSA) is 125 Å². The number of ether oxygens (including phenoxy) is 1. The molecule has 0 unspecified atom stereocenters. The Morgan fingerprint density at radius 2 is 1.50 bits per heavy atom. The number of hydrogen-bond donors (Lipinski definition) is 1. The number of carbonyl (C=O) groups excluding carboxylic acids is 1. The molecule has 166 valence electrons. The lowest BCUT2D eigenvalue weighted by molar-refractivity contribution is -0.393. The van der Waals surface area contributed by atoms with Gasteiger partial charge in [0.15, 0.2) is 0 Å². The Labute approximate surface area is 156 Å². The minimum absolute atomic E-state index is 0.113. The van der Waals surface area contributed by atoms with Crippen LogP contribution < -0.4 is 5.32 Å². The van der Waals surface area contributed by atoms with Crippen molar-refractivity contribution in [2.24, 2.45) is 0 Å². The molecule has 0 saturated carbocycles. The van der Waals surface area contributed by atoms with Gasteiger partial charge in [0.05, 0.1) is 15.9 Å². The quantitative estimate of drug-likeness (QED) is 0.409. The highest BCUT2D eigenvalue weighted by molar-refractivity contribution is 5.99. The van der Waals surface area contributed by atoms with Crippen LogP contribution in [0.3, 0.4) is 0 Å². The molecule has 1 N–H and O–H groups in total. The minimum Gasteiger partial charge on any atom is -0.315 e. The fourth-order valence-corrected chi connectivity index (χ4v) is 2.19. The SMILES string of the molecule is O=C(Nc1ccc([N+](=O)[O-])cc1[N+](=O)[O-])C(F)(F)[C@@]1(F)OC(F)(F)C(F)(F)C1(F)F. The van der Waals surface area contributed by atoms with E-state index in [0.717, 1.165) is 5.32 Å². The van der Waals surface area contributed by atoms with E-state index in [0.29, 0.717) is 6.07 Å².